The molecule has 1 N–H and O–H groups in total. The molecule has 6 nitrogen and oxygen atoms in total. The van der Waals surface area contributed by atoms with Gasteiger partial charge in [-0.3, -0.25) is 0 Å². The molecule has 0 amide bonds. The van der Waals surface area contributed by atoms with Gasteiger partial charge < -0.3 is 9.84 Å². The summed E-state index contributed by atoms with van der Waals surface area (Å²) < 4.78 is 29.5. The van der Waals surface area contributed by atoms with E-state index in [1.807, 2.05) is 0 Å². The first-order chi connectivity index (χ1) is 9.58. The average molecular weight is 280 g/mol. The van der Waals surface area contributed by atoms with Crippen LogP contribution < -0.4 is 4.74 Å². The van der Waals surface area contributed by atoms with E-state index in [1.54, 1.807) is 6.07 Å². The highest BCUT2D eigenvalue weighted by molar-refractivity contribution is 5.28. The van der Waals surface area contributed by atoms with Crippen molar-refractivity contribution < 1.29 is 18.6 Å². The van der Waals surface area contributed by atoms with Crippen LogP contribution >= 0.6 is 0 Å². The van der Waals surface area contributed by atoms with E-state index in [0.29, 0.717) is 5.56 Å². The number of halogens is 2. The van der Waals surface area contributed by atoms with Crippen molar-refractivity contribution in [2.45, 2.75) is 19.3 Å². The SMILES string of the molecule is N#Cc1ncn(CC(O)c2ccc(OC(F)F)cc2)n1. The topological polar surface area (TPSA) is 84.0 Å². The maximum absolute atomic E-state index is 12.0. The highest BCUT2D eigenvalue weighted by Crippen LogP contribution is 2.20. The molecule has 0 spiro atoms. The smallest absolute Gasteiger partial charge is 0.387 e. The van der Waals surface area contributed by atoms with Gasteiger partial charge in [-0.15, -0.1) is 5.10 Å². The van der Waals surface area contributed by atoms with Crippen molar-refractivity contribution in [1.29, 1.82) is 5.26 Å². The molecule has 0 aliphatic heterocycles. The van der Waals surface area contributed by atoms with Gasteiger partial charge in [-0.2, -0.15) is 14.0 Å². The Hall–Kier alpha value is -2.53. The maximum Gasteiger partial charge on any atom is 0.387 e. The molecule has 2 rings (SSSR count). The first-order valence-electron chi connectivity index (χ1n) is 5.61. The van der Waals surface area contributed by atoms with Crippen LogP contribution in [-0.4, -0.2) is 26.5 Å². The fourth-order valence-corrected chi connectivity index (χ4v) is 1.59. The number of aliphatic hydroxyl groups is 1. The number of alkyl halides is 2. The van der Waals surface area contributed by atoms with Gasteiger partial charge in [0.1, 0.15) is 18.1 Å². The lowest BCUT2D eigenvalue weighted by Gasteiger charge is -2.11. The molecule has 0 bridgehead atoms. The fourth-order valence-electron chi connectivity index (χ4n) is 1.59. The highest BCUT2D eigenvalue weighted by Gasteiger charge is 2.11. The molecule has 20 heavy (non-hydrogen) atoms. The third-order valence-electron chi connectivity index (χ3n) is 2.49. The molecule has 2 aromatic rings. The predicted molar refractivity (Wildman–Crippen MR) is 62.8 cm³/mol. The number of hydrogen-bond donors (Lipinski definition) is 1. The normalized spacial score (nSPS) is 12.2. The number of hydrogen-bond acceptors (Lipinski definition) is 5. The molecular formula is C12H10F2N4O2. The van der Waals surface area contributed by atoms with E-state index in [9.17, 15) is 13.9 Å². The monoisotopic (exact) mass is 280 g/mol. The number of aliphatic hydroxyl groups excluding tert-OH is 1. The zero-order chi connectivity index (χ0) is 14.5. The summed E-state index contributed by atoms with van der Waals surface area (Å²) in [6.07, 6.45) is 0.430. The van der Waals surface area contributed by atoms with Crippen molar-refractivity contribution in [3.63, 3.8) is 0 Å². The second kappa shape index (κ2) is 6.08. The Morgan fingerprint density at radius 1 is 1.35 bits per heavy atom. The molecule has 0 saturated heterocycles. The molecule has 0 radical (unpaired) electrons. The first kappa shape index (κ1) is 13.9. The molecule has 8 heteroatoms. The Morgan fingerprint density at radius 3 is 2.60 bits per heavy atom. The van der Waals surface area contributed by atoms with Gasteiger partial charge >= 0.3 is 6.61 Å². The van der Waals surface area contributed by atoms with Crippen molar-refractivity contribution in [1.82, 2.24) is 14.8 Å². The third kappa shape index (κ3) is 3.49. The van der Waals surface area contributed by atoms with Gasteiger partial charge in [0.25, 0.3) is 5.82 Å². The summed E-state index contributed by atoms with van der Waals surface area (Å²) in [5, 5.41) is 22.4. The van der Waals surface area contributed by atoms with Crippen LogP contribution in [0.3, 0.4) is 0 Å². The maximum atomic E-state index is 12.0. The largest absolute Gasteiger partial charge is 0.435 e. The second-order valence-electron chi connectivity index (χ2n) is 3.87. The number of nitriles is 1. The molecular weight excluding hydrogens is 270 g/mol. The lowest BCUT2D eigenvalue weighted by atomic mass is 10.1. The van der Waals surface area contributed by atoms with E-state index < -0.39 is 12.7 Å². The summed E-state index contributed by atoms with van der Waals surface area (Å²) in [7, 11) is 0. The minimum atomic E-state index is -2.88. The van der Waals surface area contributed by atoms with E-state index in [4.69, 9.17) is 5.26 Å². The van der Waals surface area contributed by atoms with E-state index in [-0.39, 0.29) is 18.1 Å². The van der Waals surface area contributed by atoms with Crippen LogP contribution in [0.25, 0.3) is 0 Å². The minimum absolute atomic E-state index is 0.0119. The quantitative estimate of drug-likeness (QED) is 0.896. The number of aromatic nitrogens is 3. The van der Waals surface area contributed by atoms with Crippen molar-refractivity contribution in [3.8, 4) is 11.8 Å². The molecule has 0 fully saturated rings. The van der Waals surface area contributed by atoms with Crippen LogP contribution in [0.2, 0.25) is 0 Å². The van der Waals surface area contributed by atoms with Crippen LogP contribution in [0.1, 0.15) is 17.5 Å². The molecule has 1 unspecified atom stereocenters. The average Bonchev–Trinajstić information content (AvgIpc) is 2.86. The van der Waals surface area contributed by atoms with Crippen LogP contribution in [-0.2, 0) is 6.54 Å². The standard InChI is InChI=1S/C12H10F2N4O2/c13-12(14)20-9-3-1-8(2-4-9)10(19)6-18-7-16-11(5-15)17-18/h1-4,7,10,12,19H,6H2. The molecule has 1 aromatic carbocycles. The predicted octanol–water partition coefficient (Wildman–Crippen LogP) is 1.48. The Labute approximate surface area is 112 Å². The number of nitrogens with zero attached hydrogens (tertiary/aromatic N) is 4. The second-order valence-corrected chi connectivity index (χ2v) is 3.87. The van der Waals surface area contributed by atoms with Crippen LogP contribution in [0.4, 0.5) is 8.78 Å². The Morgan fingerprint density at radius 2 is 2.05 bits per heavy atom. The summed E-state index contributed by atoms with van der Waals surface area (Å²) in [5.41, 5.74) is 0.514. The number of ether oxygens (including phenoxy) is 1. The lowest BCUT2D eigenvalue weighted by molar-refractivity contribution is -0.0498. The van der Waals surface area contributed by atoms with E-state index >= 15 is 0 Å². The van der Waals surface area contributed by atoms with E-state index in [1.165, 1.54) is 35.3 Å². The van der Waals surface area contributed by atoms with Gasteiger partial charge in [0.15, 0.2) is 0 Å². The summed E-state index contributed by atoms with van der Waals surface area (Å²) >= 11 is 0. The Balaban J connectivity index is 2.02. The zero-order valence-electron chi connectivity index (χ0n) is 10.1. The van der Waals surface area contributed by atoms with Gasteiger partial charge in [0.2, 0.25) is 0 Å². The summed E-state index contributed by atoms with van der Waals surface area (Å²) in [4.78, 5) is 3.70. The van der Waals surface area contributed by atoms with Crippen molar-refractivity contribution in [2.24, 2.45) is 0 Å². The Kier molecular flexibility index (Phi) is 4.22. The zero-order valence-corrected chi connectivity index (χ0v) is 10.1. The Bertz CT molecular complexity index is 607. The molecule has 1 heterocycles. The summed E-state index contributed by atoms with van der Waals surface area (Å²) in [6, 6.07) is 7.41. The van der Waals surface area contributed by atoms with Crippen LogP contribution in [0, 0.1) is 11.3 Å². The van der Waals surface area contributed by atoms with E-state index in [2.05, 4.69) is 14.8 Å². The van der Waals surface area contributed by atoms with E-state index in [0.717, 1.165) is 0 Å². The highest BCUT2D eigenvalue weighted by atomic mass is 19.3. The number of benzene rings is 1. The first-order valence-corrected chi connectivity index (χ1v) is 5.61. The van der Waals surface area contributed by atoms with Crippen molar-refractivity contribution in [3.05, 3.63) is 42.0 Å². The fraction of sp³-hybridized carbons (Fsp3) is 0.250. The summed E-state index contributed by atoms with van der Waals surface area (Å²) in [5.74, 6) is 0.0290. The molecule has 0 aliphatic rings. The molecule has 0 aliphatic carbocycles. The van der Waals surface area contributed by atoms with Gasteiger partial charge in [-0.05, 0) is 17.7 Å². The van der Waals surface area contributed by atoms with Crippen LogP contribution in [0.5, 0.6) is 5.75 Å². The van der Waals surface area contributed by atoms with Gasteiger partial charge in [-0.1, -0.05) is 12.1 Å². The third-order valence-corrected chi connectivity index (χ3v) is 2.49. The lowest BCUT2D eigenvalue weighted by Crippen LogP contribution is -2.09. The minimum Gasteiger partial charge on any atom is -0.435 e. The van der Waals surface area contributed by atoms with Gasteiger partial charge in [0, 0.05) is 0 Å². The number of rotatable bonds is 5. The molecule has 104 valence electrons. The molecule has 1 aromatic heterocycles. The summed E-state index contributed by atoms with van der Waals surface area (Å²) in [6.45, 7) is -2.78. The molecule has 0 saturated carbocycles. The van der Waals surface area contributed by atoms with Gasteiger partial charge in [0.05, 0.1) is 12.6 Å². The van der Waals surface area contributed by atoms with Crippen molar-refractivity contribution >= 4 is 0 Å². The van der Waals surface area contributed by atoms with Gasteiger partial charge in [-0.25, -0.2) is 9.67 Å². The van der Waals surface area contributed by atoms with Crippen LogP contribution in [0.15, 0.2) is 30.6 Å². The van der Waals surface area contributed by atoms with Crippen molar-refractivity contribution in [2.75, 3.05) is 0 Å². The molecule has 1 atom stereocenters.